The number of aryl methyl sites for hydroxylation is 1. The van der Waals surface area contributed by atoms with Gasteiger partial charge in [0.05, 0.1) is 18.2 Å². The van der Waals surface area contributed by atoms with Crippen molar-refractivity contribution in [3.8, 4) is 5.75 Å². The van der Waals surface area contributed by atoms with Crippen LogP contribution in [0.15, 0.2) is 47.5 Å². The molecule has 0 aliphatic rings. The lowest BCUT2D eigenvalue weighted by Gasteiger charge is -2.10. The molecule has 0 radical (unpaired) electrons. The van der Waals surface area contributed by atoms with E-state index in [2.05, 4.69) is 15.3 Å². The van der Waals surface area contributed by atoms with Gasteiger partial charge in [-0.25, -0.2) is 0 Å². The lowest BCUT2D eigenvalue weighted by atomic mass is 10.1. The van der Waals surface area contributed by atoms with E-state index in [9.17, 15) is 9.59 Å². The first-order valence-electron chi connectivity index (χ1n) is 7.98. The van der Waals surface area contributed by atoms with Crippen LogP contribution in [0.4, 0.5) is 0 Å². The molecule has 6 heteroatoms. The first-order valence-corrected chi connectivity index (χ1v) is 7.98. The number of H-pyrrole nitrogens is 1. The normalized spacial score (nSPS) is 10.6. The second-order valence-corrected chi connectivity index (χ2v) is 5.74. The lowest BCUT2D eigenvalue weighted by Crippen LogP contribution is -2.27. The molecule has 128 valence electrons. The summed E-state index contributed by atoms with van der Waals surface area (Å²) in [6.45, 7) is 2.35. The Morgan fingerprint density at radius 3 is 2.88 bits per heavy atom. The van der Waals surface area contributed by atoms with Crippen LogP contribution in [0.2, 0.25) is 0 Å². The van der Waals surface area contributed by atoms with Crippen molar-refractivity contribution >= 4 is 16.8 Å². The van der Waals surface area contributed by atoms with Gasteiger partial charge in [0.2, 0.25) is 0 Å². The number of nitrogens with zero attached hydrogens (tertiary/aromatic N) is 1. The quantitative estimate of drug-likeness (QED) is 0.748. The highest BCUT2D eigenvalue weighted by Gasteiger charge is 2.10. The summed E-state index contributed by atoms with van der Waals surface area (Å²) in [4.78, 5) is 31.1. The van der Waals surface area contributed by atoms with Gasteiger partial charge < -0.3 is 15.0 Å². The number of methoxy groups -OCH3 is 1. The number of aromatic nitrogens is 2. The van der Waals surface area contributed by atoms with E-state index < -0.39 is 0 Å². The van der Waals surface area contributed by atoms with Crippen LogP contribution >= 0.6 is 0 Å². The van der Waals surface area contributed by atoms with Crippen LogP contribution in [-0.2, 0) is 6.42 Å². The van der Waals surface area contributed by atoms with Crippen molar-refractivity contribution < 1.29 is 9.53 Å². The molecule has 2 heterocycles. The van der Waals surface area contributed by atoms with Crippen molar-refractivity contribution in [1.29, 1.82) is 0 Å². The molecule has 0 unspecified atom stereocenters. The third-order valence-electron chi connectivity index (χ3n) is 4.10. The molecule has 0 bridgehead atoms. The molecule has 3 aromatic rings. The molecule has 3 rings (SSSR count). The Kier molecular flexibility index (Phi) is 4.79. The van der Waals surface area contributed by atoms with Gasteiger partial charge in [0.1, 0.15) is 5.75 Å². The lowest BCUT2D eigenvalue weighted by molar-refractivity contribution is 0.0953. The Balaban J connectivity index is 1.78. The van der Waals surface area contributed by atoms with E-state index in [1.54, 1.807) is 25.4 Å². The Bertz CT molecular complexity index is 965. The van der Waals surface area contributed by atoms with Crippen LogP contribution in [0.3, 0.4) is 0 Å². The van der Waals surface area contributed by atoms with E-state index in [1.807, 2.05) is 25.1 Å². The molecule has 2 N–H and O–H groups in total. The molecule has 0 aliphatic carbocycles. The molecular formula is C19H19N3O3. The van der Waals surface area contributed by atoms with Crippen LogP contribution in [0.5, 0.6) is 5.75 Å². The summed E-state index contributed by atoms with van der Waals surface area (Å²) in [5.74, 6) is 0.428. The van der Waals surface area contributed by atoms with Gasteiger partial charge in [0.25, 0.3) is 11.5 Å². The van der Waals surface area contributed by atoms with Gasteiger partial charge in [-0.15, -0.1) is 0 Å². The van der Waals surface area contributed by atoms with Gasteiger partial charge in [0, 0.05) is 29.9 Å². The summed E-state index contributed by atoms with van der Waals surface area (Å²) in [7, 11) is 1.57. The molecule has 0 saturated carbocycles. The fourth-order valence-corrected chi connectivity index (χ4v) is 2.72. The van der Waals surface area contributed by atoms with Crippen molar-refractivity contribution in [2.24, 2.45) is 0 Å². The number of amides is 1. The summed E-state index contributed by atoms with van der Waals surface area (Å²) in [6, 6.07) is 9.05. The third kappa shape index (κ3) is 3.52. The van der Waals surface area contributed by atoms with Crippen LogP contribution < -0.4 is 15.6 Å². The molecule has 25 heavy (non-hydrogen) atoms. The van der Waals surface area contributed by atoms with E-state index in [1.165, 1.54) is 6.20 Å². The number of fused-ring (bicyclic) bond motifs is 1. The molecule has 6 nitrogen and oxygen atoms in total. The number of nitrogens with one attached hydrogen (secondary N) is 2. The van der Waals surface area contributed by atoms with Gasteiger partial charge in [-0.1, -0.05) is 6.07 Å². The minimum Gasteiger partial charge on any atom is -0.495 e. The maximum Gasteiger partial charge on any atom is 0.252 e. The zero-order valence-corrected chi connectivity index (χ0v) is 14.1. The zero-order chi connectivity index (χ0) is 17.8. The monoisotopic (exact) mass is 337 g/mol. The summed E-state index contributed by atoms with van der Waals surface area (Å²) in [5.41, 5.74) is 2.68. The van der Waals surface area contributed by atoms with Gasteiger partial charge in [0.15, 0.2) is 0 Å². The first kappa shape index (κ1) is 16.7. The highest BCUT2D eigenvalue weighted by atomic mass is 16.5. The summed E-state index contributed by atoms with van der Waals surface area (Å²) in [6.07, 6.45) is 3.56. The average Bonchev–Trinajstić information content (AvgIpc) is 2.63. The second-order valence-electron chi connectivity index (χ2n) is 5.74. The van der Waals surface area contributed by atoms with E-state index in [-0.39, 0.29) is 11.5 Å². The SMILES string of the molecule is COc1ccc(C)c2cc(CCNC(=O)c3cccnc3)c(=O)[nH]c12. The van der Waals surface area contributed by atoms with Gasteiger partial charge in [-0.2, -0.15) is 0 Å². The maximum absolute atomic E-state index is 12.3. The number of carbonyl (C=O) groups is 1. The highest BCUT2D eigenvalue weighted by Crippen LogP contribution is 2.25. The van der Waals surface area contributed by atoms with Crippen molar-refractivity contribution in [2.45, 2.75) is 13.3 Å². The molecule has 1 amide bonds. The number of rotatable bonds is 5. The maximum atomic E-state index is 12.3. The van der Waals surface area contributed by atoms with Crippen LogP contribution in [-0.4, -0.2) is 29.5 Å². The molecule has 0 atom stereocenters. The summed E-state index contributed by atoms with van der Waals surface area (Å²) < 4.78 is 5.31. The number of ether oxygens (including phenoxy) is 1. The zero-order valence-electron chi connectivity index (χ0n) is 14.1. The number of pyridine rings is 2. The Labute approximate surface area is 144 Å². The molecule has 0 fully saturated rings. The molecule has 0 spiro atoms. The first-order chi connectivity index (χ1) is 12.1. The smallest absolute Gasteiger partial charge is 0.252 e. The fraction of sp³-hybridized carbons (Fsp3) is 0.211. The Morgan fingerprint density at radius 1 is 1.32 bits per heavy atom. The van der Waals surface area contributed by atoms with Crippen LogP contribution in [0.25, 0.3) is 10.9 Å². The van der Waals surface area contributed by atoms with Gasteiger partial charge in [-0.05, 0) is 43.2 Å². The standard InChI is InChI=1S/C19H19N3O3/c1-12-5-6-16(25-2)17-15(12)10-13(19(24)22-17)7-9-21-18(23)14-4-3-8-20-11-14/h3-6,8,10-11H,7,9H2,1-2H3,(H,21,23)(H,22,24). The largest absolute Gasteiger partial charge is 0.495 e. The summed E-state index contributed by atoms with van der Waals surface area (Å²) in [5, 5.41) is 3.74. The van der Waals surface area contributed by atoms with E-state index in [4.69, 9.17) is 4.74 Å². The highest BCUT2D eigenvalue weighted by molar-refractivity contribution is 5.93. The van der Waals surface area contributed by atoms with E-state index >= 15 is 0 Å². The number of hydrogen-bond donors (Lipinski definition) is 2. The molecule has 0 aliphatic heterocycles. The minimum absolute atomic E-state index is 0.174. The number of benzene rings is 1. The Hall–Kier alpha value is -3.15. The second kappa shape index (κ2) is 7.17. The predicted molar refractivity (Wildman–Crippen MR) is 96.1 cm³/mol. The van der Waals surface area contributed by atoms with Crippen molar-refractivity contribution in [3.05, 3.63) is 69.8 Å². The van der Waals surface area contributed by atoms with Crippen molar-refractivity contribution in [3.63, 3.8) is 0 Å². The van der Waals surface area contributed by atoms with Crippen molar-refractivity contribution in [2.75, 3.05) is 13.7 Å². The van der Waals surface area contributed by atoms with Gasteiger partial charge >= 0.3 is 0 Å². The fourth-order valence-electron chi connectivity index (χ4n) is 2.72. The van der Waals surface area contributed by atoms with Gasteiger partial charge in [-0.3, -0.25) is 14.6 Å². The Morgan fingerprint density at radius 2 is 2.16 bits per heavy atom. The summed E-state index contributed by atoms with van der Waals surface area (Å²) >= 11 is 0. The number of aromatic amines is 1. The molecule has 2 aromatic heterocycles. The molecule has 1 aromatic carbocycles. The third-order valence-corrected chi connectivity index (χ3v) is 4.10. The number of hydrogen-bond acceptors (Lipinski definition) is 4. The molecular weight excluding hydrogens is 318 g/mol. The van der Waals surface area contributed by atoms with E-state index in [0.29, 0.717) is 35.4 Å². The molecule has 0 saturated heterocycles. The van der Waals surface area contributed by atoms with E-state index in [0.717, 1.165) is 10.9 Å². The average molecular weight is 337 g/mol. The van der Waals surface area contributed by atoms with Crippen molar-refractivity contribution in [1.82, 2.24) is 15.3 Å². The minimum atomic E-state index is -0.205. The van der Waals surface area contributed by atoms with Crippen LogP contribution in [0.1, 0.15) is 21.5 Å². The number of carbonyl (C=O) groups excluding carboxylic acids is 1. The topological polar surface area (TPSA) is 84.1 Å². The predicted octanol–water partition coefficient (Wildman–Crippen LogP) is 2.21. The van der Waals surface area contributed by atoms with Crippen LogP contribution in [0, 0.1) is 6.92 Å².